The second-order valence-electron chi connectivity index (χ2n) is 4.24. The Morgan fingerprint density at radius 1 is 1.16 bits per heavy atom. The maximum atomic E-state index is 4.26. The third-order valence-corrected chi connectivity index (χ3v) is 2.95. The number of imidazole rings is 1. The summed E-state index contributed by atoms with van der Waals surface area (Å²) in [6.07, 6.45) is 4.50. The van der Waals surface area contributed by atoms with Gasteiger partial charge in [0.1, 0.15) is 5.69 Å². The van der Waals surface area contributed by atoms with Crippen LogP contribution in [0.5, 0.6) is 0 Å². The van der Waals surface area contributed by atoms with E-state index < -0.39 is 0 Å². The van der Waals surface area contributed by atoms with Gasteiger partial charge in [-0.3, -0.25) is 0 Å². The third-order valence-electron chi connectivity index (χ3n) is 2.95. The molecule has 0 bridgehead atoms. The lowest BCUT2D eigenvalue weighted by atomic mass is 10.1. The number of aryl methyl sites for hydroxylation is 1. The molecular formula is C16H13N3. The molecule has 0 aliphatic heterocycles. The maximum absolute atomic E-state index is 4.26. The van der Waals surface area contributed by atoms with E-state index in [-0.39, 0.29) is 0 Å². The Bertz CT molecular complexity index is 775. The molecule has 0 aliphatic rings. The molecule has 0 saturated carbocycles. The van der Waals surface area contributed by atoms with Crippen LogP contribution >= 0.6 is 0 Å². The third kappa shape index (κ3) is 2.34. The van der Waals surface area contributed by atoms with Crippen molar-refractivity contribution < 1.29 is 0 Å². The van der Waals surface area contributed by atoms with E-state index in [0.29, 0.717) is 0 Å². The van der Waals surface area contributed by atoms with Crippen LogP contribution in [0.25, 0.3) is 5.65 Å². The molecule has 0 radical (unpaired) electrons. The summed E-state index contributed by atoms with van der Waals surface area (Å²) in [5.74, 6) is 6.29. The molecule has 0 unspecified atom stereocenters. The van der Waals surface area contributed by atoms with Crippen molar-refractivity contribution in [2.45, 2.75) is 13.3 Å². The number of rotatable bonds is 1. The topological polar surface area (TPSA) is 30.2 Å². The fraction of sp³-hybridized carbons (Fsp3) is 0.125. The zero-order valence-corrected chi connectivity index (χ0v) is 10.7. The first kappa shape index (κ1) is 11.5. The van der Waals surface area contributed by atoms with E-state index in [1.807, 2.05) is 24.3 Å². The number of aromatic nitrogens is 3. The Balaban J connectivity index is 1.99. The Kier molecular flexibility index (Phi) is 2.99. The monoisotopic (exact) mass is 247 g/mol. The number of hydrogen-bond donors (Lipinski definition) is 0. The number of hydrogen-bond acceptors (Lipinski definition) is 2. The van der Waals surface area contributed by atoms with E-state index in [9.17, 15) is 0 Å². The molecule has 0 spiro atoms. The molecule has 3 aromatic rings. The van der Waals surface area contributed by atoms with Gasteiger partial charge in [0, 0.05) is 11.8 Å². The lowest BCUT2D eigenvalue weighted by Gasteiger charge is -1.96. The highest BCUT2D eigenvalue weighted by molar-refractivity contribution is 5.46. The summed E-state index contributed by atoms with van der Waals surface area (Å²) in [5, 5.41) is 4.24. The van der Waals surface area contributed by atoms with Gasteiger partial charge in [-0.15, -0.1) is 0 Å². The second kappa shape index (κ2) is 4.95. The summed E-state index contributed by atoms with van der Waals surface area (Å²) >= 11 is 0. The van der Waals surface area contributed by atoms with Gasteiger partial charge in [-0.2, -0.15) is 5.10 Å². The fourth-order valence-electron chi connectivity index (χ4n) is 1.92. The lowest BCUT2D eigenvalue weighted by Crippen LogP contribution is -1.92. The molecule has 1 aromatic carbocycles. The SMILES string of the molecule is CCc1cccc(C#Cc2cnc3cccnn23)c1. The van der Waals surface area contributed by atoms with E-state index in [1.54, 1.807) is 16.9 Å². The van der Waals surface area contributed by atoms with Gasteiger partial charge in [0.25, 0.3) is 0 Å². The zero-order valence-electron chi connectivity index (χ0n) is 10.7. The highest BCUT2D eigenvalue weighted by atomic mass is 15.2. The van der Waals surface area contributed by atoms with Crippen molar-refractivity contribution in [3.8, 4) is 11.8 Å². The molecule has 0 saturated heterocycles. The lowest BCUT2D eigenvalue weighted by molar-refractivity contribution is 0.923. The van der Waals surface area contributed by atoms with Crippen molar-refractivity contribution in [2.75, 3.05) is 0 Å². The van der Waals surface area contributed by atoms with Gasteiger partial charge >= 0.3 is 0 Å². The van der Waals surface area contributed by atoms with Crippen molar-refractivity contribution in [2.24, 2.45) is 0 Å². The molecule has 2 aromatic heterocycles. The Morgan fingerprint density at radius 2 is 2.11 bits per heavy atom. The first-order valence-corrected chi connectivity index (χ1v) is 6.26. The maximum Gasteiger partial charge on any atom is 0.154 e. The van der Waals surface area contributed by atoms with Crippen LogP contribution in [0, 0.1) is 11.8 Å². The molecule has 3 nitrogen and oxygen atoms in total. The first-order chi connectivity index (χ1) is 9.36. The van der Waals surface area contributed by atoms with Crippen LogP contribution in [0.2, 0.25) is 0 Å². The minimum absolute atomic E-state index is 0.803. The van der Waals surface area contributed by atoms with Gasteiger partial charge in [-0.05, 0) is 42.2 Å². The highest BCUT2D eigenvalue weighted by Gasteiger charge is 1.99. The normalized spacial score (nSPS) is 10.2. The summed E-state index contributed by atoms with van der Waals surface area (Å²) < 4.78 is 1.75. The standard InChI is InChI=1S/C16H13N3/c1-2-13-5-3-6-14(11-13)8-9-15-12-17-16-7-4-10-18-19(15)16/h3-7,10-12H,2H2,1H3. The molecule has 0 aliphatic carbocycles. The van der Waals surface area contributed by atoms with Gasteiger partial charge in [0.2, 0.25) is 0 Å². The molecular weight excluding hydrogens is 234 g/mol. The zero-order chi connectivity index (χ0) is 13.1. The van der Waals surface area contributed by atoms with Crippen LogP contribution in [-0.4, -0.2) is 14.6 Å². The van der Waals surface area contributed by atoms with E-state index in [2.05, 4.69) is 41.0 Å². The van der Waals surface area contributed by atoms with Crippen molar-refractivity contribution in [3.05, 3.63) is 65.6 Å². The smallest absolute Gasteiger partial charge is 0.154 e. The largest absolute Gasteiger partial charge is 0.234 e. The van der Waals surface area contributed by atoms with Crippen LogP contribution < -0.4 is 0 Å². The number of fused-ring (bicyclic) bond motifs is 1. The van der Waals surface area contributed by atoms with Crippen LogP contribution in [0.4, 0.5) is 0 Å². The van der Waals surface area contributed by atoms with Crippen molar-refractivity contribution in [3.63, 3.8) is 0 Å². The molecule has 0 amide bonds. The van der Waals surface area contributed by atoms with E-state index in [4.69, 9.17) is 0 Å². The predicted molar refractivity (Wildman–Crippen MR) is 74.8 cm³/mol. The minimum Gasteiger partial charge on any atom is -0.234 e. The van der Waals surface area contributed by atoms with Gasteiger partial charge in [0.15, 0.2) is 5.65 Å². The van der Waals surface area contributed by atoms with Crippen LogP contribution in [0.3, 0.4) is 0 Å². The second-order valence-corrected chi connectivity index (χ2v) is 4.24. The summed E-state index contributed by atoms with van der Waals surface area (Å²) in [6.45, 7) is 2.14. The Morgan fingerprint density at radius 3 is 3.00 bits per heavy atom. The number of benzene rings is 1. The van der Waals surface area contributed by atoms with E-state index >= 15 is 0 Å². The van der Waals surface area contributed by atoms with Crippen LogP contribution in [0.15, 0.2) is 48.8 Å². The summed E-state index contributed by atoms with van der Waals surface area (Å²) in [5.41, 5.74) is 3.93. The molecule has 2 heterocycles. The highest BCUT2D eigenvalue weighted by Crippen LogP contribution is 2.06. The molecule has 3 heteroatoms. The molecule has 19 heavy (non-hydrogen) atoms. The number of nitrogens with zero attached hydrogens (tertiary/aromatic N) is 3. The van der Waals surface area contributed by atoms with E-state index in [0.717, 1.165) is 23.3 Å². The van der Waals surface area contributed by atoms with E-state index in [1.165, 1.54) is 5.56 Å². The first-order valence-electron chi connectivity index (χ1n) is 6.26. The quantitative estimate of drug-likeness (QED) is 0.619. The molecule has 3 rings (SSSR count). The fourth-order valence-corrected chi connectivity index (χ4v) is 1.92. The summed E-state index contributed by atoms with van der Waals surface area (Å²) in [4.78, 5) is 4.26. The average Bonchev–Trinajstić information content (AvgIpc) is 2.89. The average molecular weight is 247 g/mol. The summed E-state index contributed by atoms with van der Waals surface area (Å²) in [7, 11) is 0. The Labute approximate surface area is 111 Å². The summed E-state index contributed by atoms with van der Waals surface area (Å²) in [6, 6.07) is 12.1. The molecule has 92 valence electrons. The predicted octanol–water partition coefficient (Wildman–Crippen LogP) is 2.69. The van der Waals surface area contributed by atoms with Crippen molar-refractivity contribution in [1.82, 2.24) is 14.6 Å². The molecule has 0 N–H and O–H groups in total. The van der Waals surface area contributed by atoms with Crippen molar-refractivity contribution in [1.29, 1.82) is 0 Å². The van der Waals surface area contributed by atoms with Gasteiger partial charge in [-0.1, -0.05) is 25.0 Å². The van der Waals surface area contributed by atoms with Crippen LogP contribution in [0.1, 0.15) is 23.7 Å². The van der Waals surface area contributed by atoms with Crippen LogP contribution in [-0.2, 0) is 6.42 Å². The Hall–Kier alpha value is -2.60. The van der Waals surface area contributed by atoms with Gasteiger partial charge in [-0.25, -0.2) is 9.50 Å². The van der Waals surface area contributed by atoms with Crippen molar-refractivity contribution >= 4 is 5.65 Å². The van der Waals surface area contributed by atoms with Gasteiger partial charge < -0.3 is 0 Å². The minimum atomic E-state index is 0.803. The molecule has 0 atom stereocenters. The molecule has 0 fully saturated rings. The van der Waals surface area contributed by atoms with Gasteiger partial charge in [0.05, 0.1) is 6.20 Å².